The average molecular weight is 332 g/mol. The Morgan fingerprint density at radius 2 is 1.74 bits per heavy atom. The SMILES string of the molecule is CCCCC(=O)Nc1ccc(-c2ccccc2S(N)(=O)=O)cc1. The molecule has 0 aromatic heterocycles. The molecule has 0 atom stereocenters. The third kappa shape index (κ3) is 4.64. The highest BCUT2D eigenvalue weighted by Crippen LogP contribution is 2.27. The summed E-state index contributed by atoms with van der Waals surface area (Å²) in [6.07, 6.45) is 2.31. The van der Waals surface area contributed by atoms with Gasteiger partial charge in [-0.3, -0.25) is 4.79 Å². The third-order valence-electron chi connectivity index (χ3n) is 3.43. The molecule has 0 aliphatic rings. The summed E-state index contributed by atoms with van der Waals surface area (Å²) in [6.45, 7) is 2.03. The lowest BCUT2D eigenvalue weighted by Crippen LogP contribution is -2.13. The molecular weight excluding hydrogens is 312 g/mol. The van der Waals surface area contributed by atoms with E-state index in [1.165, 1.54) is 6.07 Å². The summed E-state index contributed by atoms with van der Waals surface area (Å²) in [7, 11) is -3.79. The Morgan fingerprint density at radius 3 is 2.35 bits per heavy atom. The maximum Gasteiger partial charge on any atom is 0.238 e. The fraction of sp³-hybridized carbons (Fsp3) is 0.235. The van der Waals surface area contributed by atoms with Crippen LogP contribution in [0.4, 0.5) is 5.69 Å². The number of sulfonamides is 1. The molecule has 0 unspecified atom stereocenters. The molecule has 0 radical (unpaired) electrons. The number of hydrogen-bond donors (Lipinski definition) is 2. The Balaban J connectivity index is 2.23. The molecule has 23 heavy (non-hydrogen) atoms. The van der Waals surface area contributed by atoms with E-state index in [-0.39, 0.29) is 10.8 Å². The topological polar surface area (TPSA) is 89.3 Å². The van der Waals surface area contributed by atoms with Crippen LogP contribution in [-0.4, -0.2) is 14.3 Å². The number of primary sulfonamides is 1. The van der Waals surface area contributed by atoms with Gasteiger partial charge in [0.05, 0.1) is 4.90 Å². The van der Waals surface area contributed by atoms with Crippen molar-refractivity contribution in [3.8, 4) is 11.1 Å². The van der Waals surface area contributed by atoms with Crippen LogP contribution in [0.2, 0.25) is 0 Å². The number of nitrogens with two attached hydrogens (primary N) is 1. The summed E-state index contributed by atoms with van der Waals surface area (Å²) in [5.41, 5.74) is 1.95. The van der Waals surface area contributed by atoms with Crippen molar-refractivity contribution in [2.45, 2.75) is 31.1 Å². The van der Waals surface area contributed by atoms with Gasteiger partial charge in [0, 0.05) is 17.7 Å². The quantitative estimate of drug-likeness (QED) is 0.851. The molecule has 0 saturated heterocycles. The first-order chi connectivity index (χ1) is 10.9. The van der Waals surface area contributed by atoms with Crippen LogP contribution in [0, 0.1) is 0 Å². The fourth-order valence-corrected chi connectivity index (χ4v) is 3.01. The molecule has 6 heteroatoms. The summed E-state index contributed by atoms with van der Waals surface area (Å²) < 4.78 is 23.3. The van der Waals surface area contributed by atoms with Crippen LogP contribution < -0.4 is 10.5 Å². The predicted octanol–water partition coefficient (Wildman–Crippen LogP) is 3.13. The lowest BCUT2D eigenvalue weighted by Gasteiger charge is -2.09. The molecule has 0 spiro atoms. The van der Waals surface area contributed by atoms with E-state index in [1.807, 2.05) is 6.92 Å². The van der Waals surface area contributed by atoms with E-state index in [2.05, 4.69) is 5.32 Å². The van der Waals surface area contributed by atoms with Gasteiger partial charge in [-0.1, -0.05) is 43.7 Å². The molecule has 0 aliphatic carbocycles. The number of carbonyl (C=O) groups excluding carboxylic acids is 1. The van der Waals surface area contributed by atoms with Crippen molar-refractivity contribution >= 4 is 21.6 Å². The van der Waals surface area contributed by atoms with Gasteiger partial charge in [-0.25, -0.2) is 13.6 Å². The van der Waals surface area contributed by atoms with Crippen LogP contribution >= 0.6 is 0 Å². The first-order valence-corrected chi connectivity index (χ1v) is 8.98. The molecule has 3 N–H and O–H groups in total. The number of carbonyl (C=O) groups is 1. The lowest BCUT2D eigenvalue weighted by molar-refractivity contribution is -0.116. The standard InChI is InChI=1S/C17H20N2O3S/c1-2-3-8-17(20)19-14-11-9-13(10-12-14)15-6-4-5-7-16(15)23(18,21)22/h4-7,9-12H,2-3,8H2,1H3,(H,19,20)(H2,18,21,22). The van der Waals surface area contributed by atoms with E-state index in [4.69, 9.17) is 5.14 Å². The summed E-state index contributed by atoms with van der Waals surface area (Å²) in [4.78, 5) is 11.8. The normalized spacial score (nSPS) is 11.2. The fourth-order valence-electron chi connectivity index (χ4n) is 2.25. The summed E-state index contributed by atoms with van der Waals surface area (Å²) in [6, 6.07) is 13.6. The van der Waals surface area contributed by atoms with Crippen molar-refractivity contribution < 1.29 is 13.2 Å². The van der Waals surface area contributed by atoms with E-state index in [1.54, 1.807) is 42.5 Å². The van der Waals surface area contributed by atoms with Gasteiger partial charge in [-0.15, -0.1) is 0 Å². The van der Waals surface area contributed by atoms with E-state index >= 15 is 0 Å². The zero-order valence-corrected chi connectivity index (χ0v) is 13.8. The van der Waals surface area contributed by atoms with Crippen molar-refractivity contribution in [1.29, 1.82) is 0 Å². The van der Waals surface area contributed by atoms with E-state index < -0.39 is 10.0 Å². The molecule has 2 rings (SSSR count). The maximum atomic E-state index is 11.7. The average Bonchev–Trinajstić information content (AvgIpc) is 2.53. The Kier molecular flexibility index (Phi) is 5.52. The van der Waals surface area contributed by atoms with Gasteiger partial charge in [-0.2, -0.15) is 0 Å². The van der Waals surface area contributed by atoms with Crippen molar-refractivity contribution in [1.82, 2.24) is 0 Å². The molecule has 2 aromatic rings. The molecule has 0 aliphatic heterocycles. The Hall–Kier alpha value is -2.18. The molecule has 5 nitrogen and oxygen atoms in total. The van der Waals surface area contributed by atoms with E-state index in [0.29, 0.717) is 17.7 Å². The summed E-state index contributed by atoms with van der Waals surface area (Å²) in [5, 5.41) is 8.07. The number of nitrogens with one attached hydrogen (secondary N) is 1. The van der Waals surface area contributed by atoms with Crippen LogP contribution in [0.1, 0.15) is 26.2 Å². The minimum absolute atomic E-state index is 0.0236. The minimum Gasteiger partial charge on any atom is -0.326 e. The molecule has 0 fully saturated rings. The highest BCUT2D eigenvalue weighted by Gasteiger charge is 2.14. The second-order valence-corrected chi connectivity index (χ2v) is 6.80. The number of unbranched alkanes of at least 4 members (excludes halogenated alkanes) is 1. The minimum atomic E-state index is -3.79. The number of rotatable bonds is 6. The highest BCUT2D eigenvalue weighted by molar-refractivity contribution is 7.89. The zero-order chi connectivity index (χ0) is 16.9. The van der Waals surface area contributed by atoms with Gasteiger partial charge in [0.1, 0.15) is 0 Å². The molecule has 122 valence electrons. The van der Waals surface area contributed by atoms with Gasteiger partial charge in [-0.05, 0) is 30.2 Å². The number of benzene rings is 2. The van der Waals surface area contributed by atoms with E-state index in [9.17, 15) is 13.2 Å². The van der Waals surface area contributed by atoms with Gasteiger partial charge >= 0.3 is 0 Å². The van der Waals surface area contributed by atoms with Crippen LogP contribution in [0.25, 0.3) is 11.1 Å². The van der Waals surface area contributed by atoms with Crippen LogP contribution in [0.3, 0.4) is 0 Å². The Labute approximate surface area is 136 Å². The first kappa shape index (κ1) is 17.2. The van der Waals surface area contributed by atoms with Crippen LogP contribution in [0.15, 0.2) is 53.4 Å². The van der Waals surface area contributed by atoms with Gasteiger partial charge < -0.3 is 5.32 Å². The second kappa shape index (κ2) is 7.39. The zero-order valence-electron chi connectivity index (χ0n) is 13.0. The van der Waals surface area contributed by atoms with Crippen molar-refractivity contribution in [2.75, 3.05) is 5.32 Å². The van der Waals surface area contributed by atoms with Gasteiger partial charge in [0.25, 0.3) is 0 Å². The molecule has 0 bridgehead atoms. The maximum absolute atomic E-state index is 11.7. The predicted molar refractivity (Wildman–Crippen MR) is 91.4 cm³/mol. The second-order valence-electron chi connectivity index (χ2n) is 5.27. The smallest absolute Gasteiger partial charge is 0.238 e. The highest BCUT2D eigenvalue weighted by atomic mass is 32.2. The number of amides is 1. The first-order valence-electron chi connectivity index (χ1n) is 7.44. The summed E-state index contributed by atoms with van der Waals surface area (Å²) >= 11 is 0. The molecular formula is C17H20N2O3S. The molecule has 0 saturated carbocycles. The third-order valence-corrected chi connectivity index (χ3v) is 4.40. The number of anilines is 1. The number of hydrogen-bond acceptors (Lipinski definition) is 3. The molecule has 1 amide bonds. The van der Waals surface area contributed by atoms with Crippen molar-refractivity contribution in [3.63, 3.8) is 0 Å². The molecule has 0 heterocycles. The largest absolute Gasteiger partial charge is 0.326 e. The monoisotopic (exact) mass is 332 g/mol. The van der Waals surface area contributed by atoms with Crippen molar-refractivity contribution in [3.05, 3.63) is 48.5 Å². The van der Waals surface area contributed by atoms with Gasteiger partial charge in [0.2, 0.25) is 15.9 Å². The summed E-state index contributed by atoms with van der Waals surface area (Å²) in [5.74, 6) is -0.0236. The molecule has 2 aromatic carbocycles. The van der Waals surface area contributed by atoms with Crippen LogP contribution in [0.5, 0.6) is 0 Å². The van der Waals surface area contributed by atoms with Crippen molar-refractivity contribution in [2.24, 2.45) is 5.14 Å². The van der Waals surface area contributed by atoms with Gasteiger partial charge in [0.15, 0.2) is 0 Å². The Morgan fingerprint density at radius 1 is 1.09 bits per heavy atom. The van der Waals surface area contributed by atoms with Crippen LogP contribution in [-0.2, 0) is 14.8 Å². The lowest BCUT2D eigenvalue weighted by atomic mass is 10.1. The van der Waals surface area contributed by atoms with E-state index in [0.717, 1.165) is 18.4 Å². The Bertz CT molecular complexity index is 784.